The summed E-state index contributed by atoms with van der Waals surface area (Å²) >= 11 is 0. The van der Waals surface area contributed by atoms with E-state index in [0.29, 0.717) is 124 Å². The molecule has 35 heavy (non-hydrogen) atoms. The highest BCUT2D eigenvalue weighted by atomic mass is 16.6. The number of nitrogen functional groups attached to an aromatic ring is 1. The van der Waals surface area contributed by atoms with Crippen LogP contribution in [0.4, 0.5) is 5.69 Å². The van der Waals surface area contributed by atoms with Crippen molar-refractivity contribution in [1.82, 2.24) is 0 Å². The first kappa shape index (κ1) is 31.1. The van der Waals surface area contributed by atoms with E-state index in [9.17, 15) is 0 Å². The Labute approximate surface area is 209 Å². The molecule has 0 unspecified atom stereocenters. The van der Waals surface area contributed by atoms with Crippen LogP contribution in [0.3, 0.4) is 0 Å². The zero-order chi connectivity index (χ0) is 25.1. The molecule has 0 amide bonds. The van der Waals surface area contributed by atoms with Gasteiger partial charge in [-0.15, -0.1) is 6.42 Å². The van der Waals surface area contributed by atoms with Gasteiger partial charge in [-0.05, 0) is 12.1 Å². The fourth-order valence-electron chi connectivity index (χ4n) is 2.49. The second-order valence-electron chi connectivity index (χ2n) is 6.93. The Kier molecular flexibility index (Phi) is 22.4. The number of hydrogen-bond acceptors (Lipinski definition) is 10. The Balaban J connectivity index is 1.66. The van der Waals surface area contributed by atoms with Gasteiger partial charge in [0.2, 0.25) is 0 Å². The molecule has 0 aliphatic carbocycles. The molecule has 0 bridgehead atoms. The molecule has 0 radical (unpaired) electrons. The Bertz CT molecular complexity index is 627. The van der Waals surface area contributed by atoms with Gasteiger partial charge in [-0.3, -0.25) is 0 Å². The van der Waals surface area contributed by atoms with Gasteiger partial charge in [0.25, 0.3) is 0 Å². The second kappa shape index (κ2) is 25.2. The number of ether oxygens (including phenoxy) is 9. The van der Waals surface area contributed by atoms with Crippen LogP contribution in [0.1, 0.15) is 0 Å². The number of rotatable bonds is 26. The second-order valence-corrected chi connectivity index (χ2v) is 6.93. The number of para-hydroxylation sites is 2. The summed E-state index contributed by atoms with van der Waals surface area (Å²) in [6, 6.07) is 7.37. The minimum atomic E-state index is 0.310. The molecule has 0 fully saturated rings. The first-order valence-electron chi connectivity index (χ1n) is 11.9. The normalized spacial score (nSPS) is 10.9. The zero-order valence-corrected chi connectivity index (χ0v) is 20.7. The third-order valence-electron chi connectivity index (χ3n) is 4.19. The fourth-order valence-corrected chi connectivity index (χ4v) is 2.49. The van der Waals surface area contributed by atoms with Crippen molar-refractivity contribution in [1.29, 1.82) is 0 Å². The van der Waals surface area contributed by atoms with E-state index in [-0.39, 0.29) is 0 Å². The van der Waals surface area contributed by atoms with Crippen LogP contribution in [-0.2, 0) is 37.9 Å². The largest absolute Gasteiger partial charge is 0.489 e. The summed E-state index contributed by atoms with van der Waals surface area (Å²) in [6.07, 6.45) is 5.07. The SMILES string of the molecule is C#CCOCCOCCOCCOCCOCCOCCOCCOCCOc1ccccc1N. The van der Waals surface area contributed by atoms with Crippen molar-refractivity contribution in [2.75, 3.05) is 118 Å². The molecule has 0 spiro atoms. The van der Waals surface area contributed by atoms with E-state index in [2.05, 4.69) is 5.92 Å². The van der Waals surface area contributed by atoms with E-state index in [1.807, 2.05) is 18.2 Å². The number of benzene rings is 1. The zero-order valence-electron chi connectivity index (χ0n) is 20.7. The van der Waals surface area contributed by atoms with E-state index >= 15 is 0 Å². The lowest BCUT2D eigenvalue weighted by Crippen LogP contribution is -2.15. The van der Waals surface area contributed by atoms with E-state index in [1.165, 1.54) is 0 Å². The average molecular weight is 500 g/mol. The van der Waals surface area contributed by atoms with Crippen LogP contribution < -0.4 is 10.5 Å². The number of nitrogens with two attached hydrogens (primary N) is 1. The van der Waals surface area contributed by atoms with Crippen LogP contribution in [0.15, 0.2) is 24.3 Å². The Hall–Kier alpha value is -1.94. The van der Waals surface area contributed by atoms with Gasteiger partial charge >= 0.3 is 0 Å². The first-order valence-corrected chi connectivity index (χ1v) is 11.9. The molecular weight excluding hydrogens is 458 g/mol. The van der Waals surface area contributed by atoms with Gasteiger partial charge in [-0.25, -0.2) is 0 Å². The summed E-state index contributed by atoms with van der Waals surface area (Å²) < 4.78 is 48.6. The summed E-state index contributed by atoms with van der Waals surface area (Å²) in [4.78, 5) is 0. The maximum atomic E-state index is 5.80. The monoisotopic (exact) mass is 499 g/mol. The Morgan fingerprint density at radius 2 is 0.857 bits per heavy atom. The van der Waals surface area contributed by atoms with E-state index < -0.39 is 0 Å². The van der Waals surface area contributed by atoms with E-state index in [4.69, 9.17) is 54.8 Å². The molecule has 0 aromatic heterocycles. The van der Waals surface area contributed by atoms with Crippen molar-refractivity contribution in [3.05, 3.63) is 24.3 Å². The van der Waals surface area contributed by atoms with Crippen LogP contribution in [0.2, 0.25) is 0 Å². The molecule has 2 N–H and O–H groups in total. The number of hydrogen-bond donors (Lipinski definition) is 1. The van der Waals surface area contributed by atoms with Gasteiger partial charge in [0, 0.05) is 0 Å². The third-order valence-corrected chi connectivity index (χ3v) is 4.19. The summed E-state index contributed by atoms with van der Waals surface area (Å²) in [5.41, 5.74) is 6.42. The van der Waals surface area contributed by atoms with Crippen molar-refractivity contribution in [3.8, 4) is 18.1 Å². The lowest BCUT2D eigenvalue weighted by atomic mass is 10.3. The predicted molar refractivity (Wildman–Crippen MR) is 132 cm³/mol. The molecule has 0 heterocycles. The minimum Gasteiger partial charge on any atom is -0.489 e. The highest BCUT2D eigenvalue weighted by Gasteiger charge is 1.98. The van der Waals surface area contributed by atoms with Crippen molar-refractivity contribution in [2.45, 2.75) is 0 Å². The lowest BCUT2D eigenvalue weighted by Gasteiger charge is -2.09. The van der Waals surface area contributed by atoms with Crippen LogP contribution in [0, 0.1) is 12.3 Å². The molecule has 10 heteroatoms. The Morgan fingerprint density at radius 3 is 1.23 bits per heavy atom. The van der Waals surface area contributed by atoms with Crippen molar-refractivity contribution >= 4 is 5.69 Å². The summed E-state index contributed by atoms with van der Waals surface area (Å²) in [7, 11) is 0. The molecule has 1 rings (SSSR count). The van der Waals surface area contributed by atoms with Gasteiger partial charge in [-0.1, -0.05) is 18.1 Å². The standard InChI is InChI=1S/C25H41NO9/c1-2-7-27-8-9-28-10-11-29-12-13-30-14-15-31-16-17-32-18-19-33-20-21-34-22-23-35-25-6-4-3-5-24(25)26/h1,3-6H,7-23,26H2. The molecule has 0 aliphatic rings. The topological polar surface area (TPSA) is 109 Å². The summed E-state index contributed by atoms with van der Waals surface area (Å²) in [6.45, 7) is 8.35. The van der Waals surface area contributed by atoms with E-state index in [1.54, 1.807) is 6.07 Å². The summed E-state index contributed by atoms with van der Waals surface area (Å²) in [5, 5.41) is 0. The molecule has 0 saturated carbocycles. The fraction of sp³-hybridized carbons (Fsp3) is 0.680. The van der Waals surface area contributed by atoms with Gasteiger partial charge in [0.05, 0.1) is 105 Å². The minimum absolute atomic E-state index is 0.310. The molecule has 0 aliphatic heterocycles. The highest BCUT2D eigenvalue weighted by Crippen LogP contribution is 2.19. The molecule has 200 valence electrons. The van der Waals surface area contributed by atoms with Crippen molar-refractivity contribution in [2.24, 2.45) is 0 Å². The quantitative estimate of drug-likeness (QED) is 0.114. The van der Waals surface area contributed by atoms with Gasteiger partial charge < -0.3 is 48.4 Å². The predicted octanol–water partition coefficient (Wildman–Crippen LogP) is 1.41. The third kappa shape index (κ3) is 21.1. The number of anilines is 1. The van der Waals surface area contributed by atoms with Gasteiger partial charge in [0.1, 0.15) is 19.0 Å². The maximum Gasteiger partial charge on any atom is 0.142 e. The van der Waals surface area contributed by atoms with Crippen LogP contribution in [0.5, 0.6) is 5.75 Å². The van der Waals surface area contributed by atoms with Crippen LogP contribution in [0.25, 0.3) is 0 Å². The molecule has 1 aromatic rings. The molecule has 0 saturated heterocycles. The van der Waals surface area contributed by atoms with E-state index in [0.717, 1.165) is 0 Å². The lowest BCUT2D eigenvalue weighted by molar-refractivity contribution is -0.0230. The smallest absolute Gasteiger partial charge is 0.142 e. The molecular formula is C25H41NO9. The maximum absolute atomic E-state index is 5.80. The van der Waals surface area contributed by atoms with Crippen molar-refractivity contribution in [3.63, 3.8) is 0 Å². The molecule has 10 nitrogen and oxygen atoms in total. The van der Waals surface area contributed by atoms with Crippen LogP contribution in [-0.4, -0.2) is 112 Å². The van der Waals surface area contributed by atoms with Crippen LogP contribution >= 0.6 is 0 Å². The Morgan fingerprint density at radius 1 is 0.514 bits per heavy atom. The average Bonchev–Trinajstić information content (AvgIpc) is 2.87. The first-order chi connectivity index (χ1) is 17.3. The number of terminal acetylenes is 1. The highest BCUT2D eigenvalue weighted by molar-refractivity contribution is 5.51. The van der Waals surface area contributed by atoms with Crippen molar-refractivity contribution < 1.29 is 42.6 Å². The van der Waals surface area contributed by atoms with Gasteiger partial charge in [-0.2, -0.15) is 0 Å². The molecule has 0 atom stereocenters. The van der Waals surface area contributed by atoms with Gasteiger partial charge in [0.15, 0.2) is 0 Å². The summed E-state index contributed by atoms with van der Waals surface area (Å²) in [5.74, 6) is 3.06. The molecule has 1 aromatic carbocycles.